The molecular weight excluding hydrogens is 348 g/mol. The van der Waals surface area contributed by atoms with Crippen LogP contribution in [0.1, 0.15) is 38.7 Å². The van der Waals surface area contributed by atoms with E-state index in [1.165, 1.54) is 4.31 Å². The first-order chi connectivity index (χ1) is 11.2. The van der Waals surface area contributed by atoms with Gasteiger partial charge in [-0.15, -0.1) is 0 Å². The van der Waals surface area contributed by atoms with Gasteiger partial charge >= 0.3 is 0 Å². The molecule has 0 saturated carbocycles. The lowest BCUT2D eigenvalue weighted by atomic mass is 10.2. The van der Waals surface area contributed by atoms with Crippen LogP contribution in [-0.2, 0) is 14.8 Å². The molecule has 1 aromatic carbocycles. The molecule has 0 N–H and O–H groups in total. The van der Waals surface area contributed by atoms with Gasteiger partial charge in [0.15, 0.2) is 0 Å². The summed E-state index contributed by atoms with van der Waals surface area (Å²) in [5, 5.41) is 0.554. The van der Waals surface area contributed by atoms with Gasteiger partial charge in [-0.1, -0.05) is 25.4 Å². The Labute approximate surface area is 150 Å². The molecule has 0 unspecified atom stereocenters. The summed E-state index contributed by atoms with van der Waals surface area (Å²) in [7, 11) is -3.48. The summed E-state index contributed by atoms with van der Waals surface area (Å²) >= 11 is 5.95. The molecule has 136 valence electrons. The lowest BCUT2D eigenvalue weighted by molar-refractivity contribution is -0.131. The number of carbonyl (C=O) groups is 1. The van der Waals surface area contributed by atoms with Crippen LogP contribution in [0.5, 0.6) is 0 Å². The first-order valence-corrected chi connectivity index (χ1v) is 10.4. The number of anilines is 1. The van der Waals surface area contributed by atoms with E-state index in [1.807, 2.05) is 20.8 Å². The maximum absolute atomic E-state index is 12.4. The lowest BCUT2D eigenvalue weighted by Crippen LogP contribution is -2.37. The van der Waals surface area contributed by atoms with Crippen LogP contribution in [0.2, 0.25) is 5.02 Å². The van der Waals surface area contributed by atoms with Crippen molar-refractivity contribution in [3.8, 4) is 0 Å². The number of carbonyl (C=O) groups excluding carboxylic acids is 1. The summed E-state index contributed by atoms with van der Waals surface area (Å²) in [6, 6.07) is 5.06. The zero-order valence-electron chi connectivity index (χ0n) is 14.9. The minimum absolute atomic E-state index is 0.0148. The van der Waals surface area contributed by atoms with Crippen molar-refractivity contribution in [2.45, 2.75) is 40.0 Å². The van der Waals surface area contributed by atoms with Crippen LogP contribution < -0.4 is 4.31 Å². The average Bonchev–Trinajstić information content (AvgIpc) is 2.47. The topological polar surface area (TPSA) is 57.7 Å². The lowest BCUT2D eigenvalue weighted by Gasteiger charge is -2.26. The van der Waals surface area contributed by atoms with E-state index in [9.17, 15) is 13.2 Å². The molecule has 0 saturated heterocycles. The SMILES string of the molecule is CCCN(CCC)C(=O)CCN(c1ccc(Cl)cc1C)S(C)(=O)=O. The maximum Gasteiger partial charge on any atom is 0.232 e. The first kappa shape index (κ1) is 20.8. The predicted molar refractivity (Wildman–Crippen MR) is 100 cm³/mol. The van der Waals surface area contributed by atoms with E-state index in [2.05, 4.69) is 0 Å². The van der Waals surface area contributed by atoms with Crippen molar-refractivity contribution in [3.63, 3.8) is 0 Å². The van der Waals surface area contributed by atoms with Gasteiger partial charge in [-0.25, -0.2) is 8.42 Å². The third-order valence-electron chi connectivity index (χ3n) is 3.70. The molecule has 0 bridgehead atoms. The third-order valence-corrected chi connectivity index (χ3v) is 5.11. The number of hydrogen-bond donors (Lipinski definition) is 0. The second-order valence-electron chi connectivity index (χ2n) is 5.90. The minimum atomic E-state index is -3.48. The molecule has 0 fully saturated rings. The number of rotatable bonds is 9. The van der Waals surface area contributed by atoms with Crippen LogP contribution >= 0.6 is 11.6 Å². The van der Waals surface area contributed by atoms with Gasteiger partial charge in [0.1, 0.15) is 0 Å². The fraction of sp³-hybridized carbons (Fsp3) is 0.588. The molecular formula is C17H27ClN2O3S. The van der Waals surface area contributed by atoms with E-state index in [4.69, 9.17) is 11.6 Å². The van der Waals surface area contributed by atoms with E-state index in [1.54, 1.807) is 23.1 Å². The fourth-order valence-corrected chi connectivity index (χ4v) is 3.83. The highest BCUT2D eigenvalue weighted by atomic mass is 35.5. The molecule has 0 aliphatic carbocycles. The normalized spacial score (nSPS) is 11.4. The maximum atomic E-state index is 12.4. The van der Waals surface area contributed by atoms with Gasteiger partial charge in [0, 0.05) is 31.1 Å². The van der Waals surface area contributed by atoms with E-state index in [-0.39, 0.29) is 18.9 Å². The molecule has 0 aliphatic heterocycles. The van der Waals surface area contributed by atoms with Gasteiger partial charge < -0.3 is 4.90 Å². The van der Waals surface area contributed by atoms with E-state index < -0.39 is 10.0 Å². The summed E-state index contributed by atoms with van der Waals surface area (Å²) < 4.78 is 25.6. The molecule has 24 heavy (non-hydrogen) atoms. The van der Waals surface area contributed by atoms with Gasteiger partial charge in [-0.3, -0.25) is 9.10 Å². The average molecular weight is 375 g/mol. The van der Waals surface area contributed by atoms with Crippen LogP contribution in [0.4, 0.5) is 5.69 Å². The molecule has 0 radical (unpaired) electrons. The Bertz CT molecular complexity index is 656. The second-order valence-corrected chi connectivity index (χ2v) is 8.24. The fourth-order valence-electron chi connectivity index (χ4n) is 2.62. The van der Waals surface area contributed by atoms with Crippen molar-refractivity contribution in [2.75, 3.05) is 30.2 Å². The van der Waals surface area contributed by atoms with Crippen LogP contribution in [0.25, 0.3) is 0 Å². The zero-order chi connectivity index (χ0) is 18.3. The van der Waals surface area contributed by atoms with Crippen molar-refractivity contribution < 1.29 is 13.2 Å². The van der Waals surface area contributed by atoms with E-state index in [0.29, 0.717) is 23.8 Å². The summed E-state index contributed by atoms with van der Waals surface area (Å²) in [6.07, 6.45) is 3.09. The second kappa shape index (κ2) is 9.28. The largest absolute Gasteiger partial charge is 0.343 e. The number of hydrogen-bond acceptors (Lipinski definition) is 3. The summed E-state index contributed by atoms with van der Waals surface area (Å²) in [6.45, 7) is 7.38. The van der Waals surface area contributed by atoms with Gasteiger partial charge in [0.05, 0.1) is 11.9 Å². The van der Waals surface area contributed by atoms with Crippen molar-refractivity contribution in [1.29, 1.82) is 0 Å². The molecule has 0 aromatic heterocycles. The number of aryl methyl sites for hydroxylation is 1. The molecule has 0 atom stereocenters. The Kier molecular flexibility index (Phi) is 8.03. The number of halogens is 1. The number of amides is 1. The van der Waals surface area contributed by atoms with E-state index >= 15 is 0 Å². The highest BCUT2D eigenvalue weighted by molar-refractivity contribution is 7.92. The van der Waals surface area contributed by atoms with Gasteiger partial charge in [0.2, 0.25) is 15.9 Å². The summed E-state index contributed by atoms with van der Waals surface area (Å²) in [5.74, 6) is -0.0148. The predicted octanol–water partition coefficient (Wildman–Crippen LogP) is 3.45. The van der Waals surface area contributed by atoms with Crippen LogP contribution in [0.15, 0.2) is 18.2 Å². The van der Waals surface area contributed by atoms with Crippen LogP contribution in [-0.4, -0.2) is 45.1 Å². The van der Waals surface area contributed by atoms with Gasteiger partial charge in [-0.05, 0) is 43.5 Å². The van der Waals surface area contributed by atoms with Crippen molar-refractivity contribution in [1.82, 2.24) is 4.90 Å². The summed E-state index contributed by atoms with van der Waals surface area (Å²) in [4.78, 5) is 14.2. The molecule has 0 aliphatic rings. The molecule has 1 aromatic rings. The molecule has 1 amide bonds. The summed E-state index contributed by atoms with van der Waals surface area (Å²) in [5.41, 5.74) is 1.33. The number of nitrogens with zero attached hydrogens (tertiary/aromatic N) is 2. The third kappa shape index (κ3) is 5.98. The van der Waals surface area contributed by atoms with Crippen LogP contribution in [0.3, 0.4) is 0 Å². The van der Waals surface area contributed by atoms with Crippen molar-refractivity contribution >= 4 is 33.2 Å². The Morgan fingerprint density at radius 2 is 1.71 bits per heavy atom. The molecule has 1 rings (SSSR count). The number of sulfonamides is 1. The smallest absolute Gasteiger partial charge is 0.232 e. The molecule has 7 heteroatoms. The zero-order valence-corrected chi connectivity index (χ0v) is 16.5. The highest BCUT2D eigenvalue weighted by Gasteiger charge is 2.21. The quantitative estimate of drug-likeness (QED) is 0.665. The first-order valence-electron chi connectivity index (χ1n) is 8.22. The Morgan fingerprint density at radius 3 is 2.17 bits per heavy atom. The standard InChI is InChI=1S/C17H27ClN2O3S/c1-5-10-19(11-6-2)17(21)9-12-20(24(4,22)23)16-8-7-15(18)13-14(16)3/h7-8,13H,5-6,9-12H2,1-4H3. The highest BCUT2D eigenvalue weighted by Crippen LogP contribution is 2.25. The minimum Gasteiger partial charge on any atom is -0.343 e. The van der Waals surface area contributed by atoms with Gasteiger partial charge in [0.25, 0.3) is 0 Å². The number of benzene rings is 1. The Morgan fingerprint density at radius 1 is 1.12 bits per heavy atom. The van der Waals surface area contributed by atoms with Crippen LogP contribution in [0, 0.1) is 6.92 Å². The molecule has 0 heterocycles. The monoisotopic (exact) mass is 374 g/mol. The van der Waals surface area contributed by atoms with Crippen molar-refractivity contribution in [2.24, 2.45) is 0 Å². The Balaban J connectivity index is 2.94. The van der Waals surface area contributed by atoms with Crippen molar-refractivity contribution in [3.05, 3.63) is 28.8 Å². The van der Waals surface area contributed by atoms with E-state index in [0.717, 1.165) is 24.7 Å². The Hall–Kier alpha value is -1.27. The molecule has 5 nitrogen and oxygen atoms in total. The van der Waals surface area contributed by atoms with Gasteiger partial charge in [-0.2, -0.15) is 0 Å². The molecule has 0 spiro atoms.